The van der Waals surface area contributed by atoms with E-state index in [0.29, 0.717) is 0 Å². The van der Waals surface area contributed by atoms with E-state index in [2.05, 4.69) is 15.2 Å². The Kier molecular flexibility index (Phi) is 7.06. The van der Waals surface area contributed by atoms with E-state index in [1.807, 2.05) is 46.8 Å². The van der Waals surface area contributed by atoms with Crippen molar-refractivity contribution in [3.8, 4) is 0 Å². The Morgan fingerprint density at radius 3 is 2.33 bits per heavy atom. The Bertz CT molecular complexity index is 385. The van der Waals surface area contributed by atoms with Crippen LogP contribution < -0.4 is 0 Å². The summed E-state index contributed by atoms with van der Waals surface area (Å²) < 4.78 is 0. The first-order chi connectivity index (χ1) is 7.36. The Labute approximate surface area is 91.6 Å². The summed E-state index contributed by atoms with van der Waals surface area (Å²) >= 11 is 0. The number of hydrogen-bond acceptors (Lipinski definition) is 3. The van der Waals surface area contributed by atoms with Gasteiger partial charge in [-0.2, -0.15) is 10.2 Å². The van der Waals surface area contributed by atoms with Crippen molar-refractivity contribution in [3.63, 3.8) is 0 Å². The van der Waals surface area contributed by atoms with Gasteiger partial charge in [0.2, 0.25) is 0 Å². The van der Waals surface area contributed by atoms with Crippen molar-refractivity contribution in [2.24, 2.45) is 0 Å². The summed E-state index contributed by atoms with van der Waals surface area (Å²) in [5.74, 6) is 0. The van der Waals surface area contributed by atoms with Gasteiger partial charge >= 0.3 is 0 Å². The molecule has 0 fully saturated rings. The zero-order chi connectivity index (χ0) is 11.7. The molecule has 0 aromatic carbocycles. The molecule has 2 aromatic rings. The number of hydrogen-bond donors (Lipinski definition) is 0. The third-order valence-corrected chi connectivity index (χ3v) is 1.51. The molecule has 3 heteroatoms. The summed E-state index contributed by atoms with van der Waals surface area (Å²) in [5.41, 5.74) is 1.82. The molecule has 0 bridgehead atoms. The summed E-state index contributed by atoms with van der Waals surface area (Å²) in [4.78, 5) is 3.99. The molecule has 2 heterocycles. The van der Waals surface area contributed by atoms with E-state index >= 15 is 0 Å². The highest BCUT2D eigenvalue weighted by molar-refractivity contribution is 5.76. The van der Waals surface area contributed by atoms with Crippen LogP contribution in [0.3, 0.4) is 0 Å². The highest BCUT2D eigenvalue weighted by Crippen LogP contribution is 2.07. The molecule has 2 rings (SSSR count). The van der Waals surface area contributed by atoms with Gasteiger partial charge in [-0.3, -0.25) is 4.98 Å². The van der Waals surface area contributed by atoms with Crippen LogP contribution >= 0.6 is 0 Å². The fourth-order valence-electron chi connectivity index (χ4n) is 0.988. The molecule has 0 saturated heterocycles. The number of pyridine rings is 1. The molecule has 3 nitrogen and oxygen atoms in total. The molecule has 0 saturated carbocycles. The normalized spacial score (nSPS) is 8.33. The Balaban J connectivity index is 0.000000442. The minimum atomic E-state index is 0.894. The van der Waals surface area contributed by atoms with Crippen LogP contribution in [0.25, 0.3) is 10.9 Å². The van der Waals surface area contributed by atoms with E-state index in [1.54, 1.807) is 12.4 Å². The van der Waals surface area contributed by atoms with Crippen LogP contribution in [0.2, 0.25) is 0 Å². The summed E-state index contributed by atoms with van der Waals surface area (Å²) in [5, 5.41) is 8.96. The van der Waals surface area contributed by atoms with Gasteiger partial charge in [0.15, 0.2) is 0 Å². The molecule has 0 spiro atoms. The number of fused-ring (bicyclic) bond motifs is 1. The maximum Gasteiger partial charge on any atom is 0.0960 e. The molecule has 0 radical (unpaired) electrons. The lowest BCUT2D eigenvalue weighted by Crippen LogP contribution is -1.87. The van der Waals surface area contributed by atoms with Crippen LogP contribution in [0.4, 0.5) is 0 Å². The van der Waals surface area contributed by atoms with Gasteiger partial charge in [0, 0.05) is 17.8 Å². The van der Waals surface area contributed by atoms with Gasteiger partial charge in [0.05, 0.1) is 11.2 Å². The van der Waals surface area contributed by atoms with E-state index in [4.69, 9.17) is 0 Å². The second-order valence-corrected chi connectivity index (χ2v) is 2.42. The van der Waals surface area contributed by atoms with Crippen molar-refractivity contribution in [1.82, 2.24) is 15.2 Å². The highest BCUT2D eigenvalue weighted by atomic mass is 15.1. The van der Waals surface area contributed by atoms with Crippen molar-refractivity contribution >= 4 is 10.9 Å². The van der Waals surface area contributed by atoms with Crippen LogP contribution in [-0.4, -0.2) is 15.2 Å². The molecule has 0 unspecified atom stereocenters. The minimum Gasteiger partial charge on any atom is -0.264 e. The maximum atomic E-state index is 3.99. The molecule has 0 atom stereocenters. The number of nitrogens with zero attached hydrogens (tertiary/aromatic N) is 3. The lowest BCUT2D eigenvalue weighted by atomic mass is 10.3. The molecule has 82 valence electrons. The topological polar surface area (TPSA) is 38.7 Å². The van der Waals surface area contributed by atoms with Gasteiger partial charge in [0.25, 0.3) is 0 Å². The summed E-state index contributed by atoms with van der Waals surface area (Å²) in [6, 6.07) is 3.82. The minimum absolute atomic E-state index is 0.894. The van der Waals surface area contributed by atoms with Gasteiger partial charge < -0.3 is 0 Å². The third kappa shape index (κ3) is 4.02. The molecule has 0 aliphatic carbocycles. The molecule has 0 aliphatic rings. The maximum absolute atomic E-state index is 3.99. The van der Waals surface area contributed by atoms with Crippen molar-refractivity contribution in [2.75, 3.05) is 0 Å². The predicted molar refractivity (Wildman–Crippen MR) is 64.8 cm³/mol. The highest BCUT2D eigenvalue weighted by Gasteiger charge is 1.93. The molecular formula is C12H19N3. The Morgan fingerprint density at radius 1 is 1.00 bits per heavy atom. The lowest BCUT2D eigenvalue weighted by Gasteiger charge is -1.94. The number of aryl methyl sites for hydroxylation is 1. The quantitative estimate of drug-likeness (QED) is 0.661. The number of aromatic nitrogens is 3. The van der Waals surface area contributed by atoms with Gasteiger partial charge in [-0.05, 0) is 19.1 Å². The largest absolute Gasteiger partial charge is 0.264 e. The predicted octanol–water partition coefficient (Wildman–Crippen LogP) is 3.39. The molecule has 0 amide bonds. The number of rotatable bonds is 0. The molecule has 15 heavy (non-hydrogen) atoms. The Hall–Kier alpha value is -1.51. The standard InChI is InChI=1S/C8H7N3.2C2H6/c1-6-4-7-5-9-3-2-8(7)11-10-6;2*1-2/h2-5H,1H3;2*1-2H3. The first kappa shape index (κ1) is 13.5. The van der Waals surface area contributed by atoms with Crippen LogP contribution in [0.15, 0.2) is 24.5 Å². The van der Waals surface area contributed by atoms with E-state index < -0.39 is 0 Å². The molecule has 0 aliphatic heterocycles. The third-order valence-electron chi connectivity index (χ3n) is 1.51. The van der Waals surface area contributed by atoms with E-state index in [9.17, 15) is 0 Å². The summed E-state index contributed by atoms with van der Waals surface area (Å²) in [7, 11) is 0. The van der Waals surface area contributed by atoms with Crippen molar-refractivity contribution < 1.29 is 0 Å². The van der Waals surface area contributed by atoms with Crippen LogP contribution in [0.5, 0.6) is 0 Å². The zero-order valence-electron chi connectivity index (χ0n) is 10.2. The van der Waals surface area contributed by atoms with Crippen LogP contribution in [-0.2, 0) is 0 Å². The molecule has 0 N–H and O–H groups in total. The zero-order valence-corrected chi connectivity index (χ0v) is 10.2. The molecular weight excluding hydrogens is 186 g/mol. The average molecular weight is 205 g/mol. The first-order valence-corrected chi connectivity index (χ1v) is 5.40. The van der Waals surface area contributed by atoms with Crippen LogP contribution in [0, 0.1) is 6.92 Å². The van der Waals surface area contributed by atoms with Gasteiger partial charge in [-0.15, -0.1) is 0 Å². The SMILES string of the molecule is CC.CC.Cc1cc2cnccc2nn1. The van der Waals surface area contributed by atoms with Crippen molar-refractivity contribution in [3.05, 3.63) is 30.2 Å². The van der Waals surface area contributed by atoms with Gasteiger partial charge in [-0.1, -0.05) is 27.7 Å². The first-order valence-electron chi connectivity index (χ1n) is 5.40. The van der Waals surface area contributed by atoms with Gasteiger partial charge in [0.1, 0.15) is 0 Å². The van der Waals surface area contributed by atoms with E-state index in [-0.39, 0.29) is 0 Å². The molecule has 2 aromatic heterocycles. The fraction of sp³-hybridized carbons (Fsp3) is 0.417. The summed E-state index contributed by atoms with van der Waals surface area (Å²) in [6.45, 7) is 9.92. The fourth-order valence-corrected chi connectivity index (χ4v) is 0.988. The van der Waals surface area contributed by atoms with Crippen molar-refractivity contribution in [2.45, 2.75) is 34.6 Å². The monoisotopic (exact) mass is 205 g/mol. The van der Waals surface area contributed by atoms with E-state index in [0.717, 1.165) is 16.6 Å². The second kappa shape index (κ2) is 7.85. The van der Waals surface area contributed by atoms with Gasteiger partial charge in [-0.25, -0.2) is 0 Å². The lowest BCUT2D eigenvalue weighted by molar-refractivity contribution is 1.02. The van der Waals surface area contributed by atoms with Crippen molar-refractivity contribution in [1.29, 1.82) is 0 Å². The van der Waals surface area contributed by atoms with Crippen LogP contribution in [0.1, 0.15) is 33.4 Å². The smallest absolute Gasteiger partial charge is 0.0960 e. The average Bonchev–Trinajstić information content (AvgIpc) is 2.34. The van der Waals surface area contributed by atoms with E-state index in [1.165, 1.54) is 0 Å². The summed E-state index contributed by atoms with van der Waals surface area (Å²) in [6.07, 6.45) is 3.50. The Morgan fingerprint density at radius 2 is 1.67 bits per heavy atom. The second-order valence-electron chi connectivity index (χ2n) is 2.42.